The van der Waals surface area contributed by atoms with Crippen LogP contribution >= 0.6 is 0 Å². The second kappa shape index (κ2) is 9.05. The summed E-state index contributed by atoms with van der Waals surface area (Å²) < 4.78 is 4.04. The van der Waals surface area contributed by atoms with Gasteiger partial charge in [-0.1, -0.05) is 71.9 Å². The Morgan fingerprint density at radius 1 is 0.970 bits per heavy atom. The van der Waals surface area contributed by atoms with Crippen LogP contribution in [0.5, 0.6) is 5.75 Å². The van der Waals surface area contributed by atoms with Crippen LogP contribution in [0, 0.1) is 6.92 Å². The molecule has 0 saturated carbocycles. The molecule has 5 nitrogen and oxygen atoms in total. The third-order valence-electron chi connectivity index (χ3n) is 6.01. The number of Topliss-reactive ketones (excluding diaryl/α,β-unsaturated/α-hetero) is 1. The zero-order chi connectivity index (χ0) is 24.6. The molecular formula is C28H37N3O2. The van der Waals surface area contributed by atoms with E-state index in [0.29, 0.717) is 12.1 Å². The van der Waals surface area contributed by atoms with Gasteiger partial charge in [0.25, 0.3) is 0 Å². The number of carbonyl (C=O) groups is 1. The number of rotatable bonds is 5. The predicted molar refractivity (Wildman–Crippen MR) is 134 cm³/mol. The lowest BCUT2D eigenvalue weighted by Gasteiger charge is -2.28. The molecule has 0 fully saturated rings. The first-order valence-corrected chi connectivity index (χ1v) is 11.5. The maximum atomic E-state index is 13.5. The molecule has 2 aromatic carbocycles. The molecule has 0 radical (unpaired) electrons. The maximum absolute atomic E-state index is 13.5. The summed E-state index contributed by atoms with van der Waals surface area (Å²) in [6, 6.07) is 13.9. The summed E-state index contributed by atoms with van der Waals surface area (Å²) in [6.07, 6.45) is 2.04. The Morgan fingerprint density at radius 2 is 1.52 bits per heavy atom. The number of carbonyl (C=O) groups excluding carboxylic acids is 1. The number of hydrogen-bond acceptors (Lipinski definition) is 3. The minimum atomic E-state index is -0.285. The average molecular weight is 448 g/mol. The van der Waals surface area contributed by atoms with Gasteiger partial charge in [0.15, 0.2) is 5.78 Å². The molecule has 1 heterocycles. The summed E-state index contributed by atoms with van der Waals surface area (Å²) in [5, 5.41) is 11.0. The summed E-state index contributed by atoms with van der Waals surface area (Å²) in [7, 11) is 1.76. The Balaban J connectivity index is 2.03. The molecule has 33 heavy (non-hydrogen) atoms. The molecule has 3 aromatic rings. The van der Waals surface area contributed by atoms with E-state index >= 15 is 0 Å². The lowest BCUT2D eigenvalue weighted by atomic mass is 9.78. The molecule has 0 aliphatic heterocycles. The minimum absolute atomic E-state index is 0.00135. The van der Waals surface area contributed by atoms with Crippen molar-refractivity contribution >= 4 is 5.78 Å². The van der Waals surface area contributed by atoms with E-state index in [4.69, 9.17) is 0 Å². The van der Waals surface area contributed by atoms with Crippen LogP contribution in [0.1, 0.15) is 74.3 Å². The van der Waals surface area contributed by atoms with Crippen molar-refractivity contribution in [1.82, 2.24) is 9.13 Å². The largest absolute Gasteiger partial charge is 0.507 e. The highest BCUT2D eigenvalue weighted by atomic mass is 16.3. The van der Waals surface area contributed by atoms with E-state index < -0.39 is 0 Å². The lowest BCUT2D eigenvalue weighted by Crippen LogP contribution is -2.29. The highest BCUT2D eigenvalue weighted by Crippen LogP contribution is 2.39. The van der Waals surface area contributed by atoms with Crippen LogP contribution in [0.3, 0.4) is 0 Å². The van der Waals surface area contributed by atoms with E-state index in [1.165, 1.54) is 5.56 Å². The Kier molecular flexibility index (Phi) is 6.73. The first kappa shape index (κ1) is 24.6. The van der Waals surface area contributed by atoms with Crippen LogP contribution in [0.2, 0.25) is 0 Å². The zero-order valence-electron chi connectivity index (χ0n) is 21.2. The third-order valence-corrected chi connectivity index (χ3v) is 6.01. The van der Waals surface area contributed by atoms with Gasteiger partial charge in [0.2, 0.25) is 5.62 Å². The normalized spacial score (nSPS) is 12.9. The van der Waals surface area contributed by atoms with Gasteiger partial charge in [-0.15, -0.1) is 0 Å². The monoisotopic (exact) mass is 447 g/mol. The number of aromatic hydroxyl groups is 1. The van der Waals surface area contributed by atoms with Crippen molar-refractivity contribution in [3.8, 4) is 5.75 Å². The summed E-state index contributed by atoms with van der Waals surface area (Å²) in [6.45, 7) is 15.2. The van der Waals surface area contributed by atoms with E-state index in [9.17, 15) is 9.90 Å². The topological polar surface area (TPSA) is 59.5 Å². The van der Waals surface area contributed by atoms with Crippen LogP contribution in [-0.4, -0.2) is 27.1 Å². The van der Waals surface area contributed by atoms with Gasteiger partial charge in [-0.3, -0.25) is 9.79 Å². The van der Waals surface area contributed by atoms with Gasteiger partial charge in [0, 0.05) is 35.6 Å². The fourth-order valence-corrected chi connectivity index (χ4v) is 4.18. The van der Waals surface area contributed by atoms with E-state index in [2.05, 4.69) is 63.2 Å². The van der Waals surface area contributed by atoms with Gasteiger partial charge in [-0.05, 0) is 35.4 Å². The summed E-state index contributed by atoms with van der Waals surface area (Å²) in [5.41, 5.74) is 4.55. The molecule has 0 spiro atoms. The summed E-state index contributed by atoms with van der Waals surface area (Å²) in [5.74, 6) is 0.287. The number of aryl methyl sites for hydroxylation is 1. The Hall–Kier alpha value is -3.08. The molecule has 0 bridgehead atoms. The molecule has 0 amide bonds. The molecule has 1 aromatic heterocycles. The molecular weight excluding hydrogens is 410 g/mol. The number of nitrogens with zero attached hydrogens (tertiary/aromatic N) is 3. The van der Waals surface area contributed by atoms with Crippen LogP contribution in [-0.2, 0) is 23.9 Å². The lowest BCUT2D eigenvalue weighted by molar-refractivity contribution is 0.0969. The zero-order valence-corrected chi connectivity index (χ0v) is 21.2. The molecule has 0 aliphatic rings. The van der Waals surface area contributed by atoms with Gasteiger partial charge in [0.05, 0.1) is 13.1 Å². The molecule has 1 N–H and O–H groups in total. The van der Waals surface area contributed by atoms with E-state index in [0.717, 1.165) is 22.4 Å². The van der Waals surface area contributed by atoms with Crippen molar-refractivity contribution in [3.05, 3.63) is 82.2 Å². The maximum Gasteiger partial charge on any atom is 0.205 e. The Labute approximate surface area is 197 Å². The molecule has 3 rings (SSSR count). The number of ketones is 1. The highest BCUT2D eigenvalue weighted by molar-refractivity contribution is 5.96. The highest BCUT2D eigenvalue weighted by Gasteiger charge is 2.28. The van der Waals surface area contributed by atoms with Crippen molar-refractivity contribution < 1.29 is 9.90 Å². The molecule has 5 heteroatoms. The fourth-order valence-electron chi connectivity index (χ4n) is 4.18. The van der Waals surface area contributed by atoms with Crippen molar-refractivity contribution in [2.75, 3.05) is 7.05 Å². The second-order valence-electron chi connectivity index (χ2n) is 10.8. The fraction of sp³-hybridized carbons (Fsp3) is 0.429. The van der Waals surface area contributed by atoms with Crippen LogP contribution in [0.4, 0.5) is 0 Å². The number of imidazole rings is 1. The minimum Gasteiger partial charge on any atom is -0.507 e. The molecule has 0 saturated heterocycles. The second-order valence-corrected chi connectivity index (χ2v) is 10.8. The van der Waals surface area contributed by atoms with Crippen LogP contribution < -0.4 is 5.62 Å². The van der Waals surface area contributed by atoms with Gasteiger partial charge in [-0.25, -0.2) is 0 Å². The smallest absolute Gasteiger partial charge is 0.205 e. The van der Waals surface area contributed by atoms with Gasteiger partial charge in [0.1, 0.15) is 5.75 Å². The summed E-state index contributed by atoms with van der Waals surface area (Å²) >= 11 is 0. The molecule has 176 valence electrons. The number of phenols is 1. The van der Waals surface area contributed by atoms with E-state index in [1.54, 1.807) is 7.05 Å². The summed E-state index contributed by atoms with van der Waals surface area (Å²) in [4.78, 5) is 18.0. The molecule has 0 unspecified atom stereocenters. The van der Waals surface area contributed by atoms with E-state index in [1.807, 2.05) is 48.0 Å². The van der Waals surface area contributed by atoms with Gasteiger partial charge >= 0.3 is 0 Å². The number of aromatic nitrogens is 2. The van der Waals surface area contributed by atoms with Crippen molar-refractivity contribution in [3.63, 3.8) is 0 Å². The third kappa shape index (κ3) is 5.29. The van der Waals surface area contributed by atoms with Gasteiger partial charge < -0.3 is 14.2 Å². The molecule has 0 aliphatic carbocycles. The van der Waals surface area contributed by atoms with Crippen molar-refractivity contribution in [2.45, 2.75) is 72.4 Å². The Morgan fingerprint density at radius 3 is 2.00 bits per heavy atom. The van der Waals surface area contributed by atoms with Crippen LogP contribution in [0.15, 0.2) is 53.7 Å². The Bertz CT molecular complexity index is 1180. The van der Waals surface area contributed by atoms with E-state index in [-0.39, 0.29) is 28.9 Å². The quantitative estimate of drug-likeness (QED) is 0.535. The first-order valence-electron chi connectivity index (χ1n) is 11.5. The van der Waals surface area contributed by atoms with Gasteiger partial charge in [-0.2, -0.15) is 0 Å². The number of phenolic OH excluding ortho intramolecular Hbond substituents is 1. The van der Waals surface area contributed by atoms with Crippen molar-refractivity contribution in [2.24, 2.45) is 4.99 Å². The number of benzene rings is 2. The molecule has 0 atom stereocenters. The average Bonchev–Trinajstić information content (AvgIpc) is 3.00. The SMILES string of the molecule is CN=c1n(Cc2ccccc2)cc(C)n1CC(=O)c1cc(C(C)(C)C)c(O)c(C(C)(C)C)c1. The standard InChI is InChI=1S/C28H37N3O2/c1-19-16-30(17-20-12-10-9-11-13-20)26(29-8)31(19)18-24(32)21-14-22(27(2,3)4)25(33)23(15-21)28(5,6)7/h9-16,33H,17-18H2,1-8H3. The first-order chi connectivity index (χ1) is 15.3. The van der Waals surface area contributed by atoms with Crippen molar-refractivity contribution in [1.29, 1.82) is 0 Å². The predicted octanol–water partition coefficient (Wildman–Crippen LogP) is 5.36. The number of hydrogen-bond donors (Lipinski definition) is 1. The van der Waals surface area contributed by atoms with Crippen LogP contribution in [0.25, 0.3) is 0 Å².